The van der Waals surface area contributed by atoms with Gasteiger partial charge in [0.2, 0.25) is 0 Å². The monoisotopic (exact) mass is 262 g/mol. The van der Waals surface area contributed by atoms with E-state index < -0.39 is 4.92 Å². The van der Waals surface area contributed by atoms with Gasteiger partial charge < -0.3 is 10.5 Å². The second kappa shape index (κ2) is 5.38. The number of nitrogens with zero attached hydrogens (tertiary/aromatic N) is 3. The fourth-order valence-corrected chi connectivity index (χ4v) is 1.62. The van der Waals surface area contributed by atoms with Crippen LogP contribution < -0.4 is 10.5 Å². The second-order valence-corrected chi connectivity index (χ2v) is 4.02. The number of benzene rings is 1. The number of anilines is 1. The van der Waals surface area contributed by atoms with Crippen LogP contribution >= 0.6 is 0 Å². The van der Waals surface area contributed by atoms with E-state index in [9.17, 15) is 10.1 Å². The molecular formula is C12H14N4O3. The Morgan fingerprint density at radius 2 is 2.32 bits per heavy atom. The molecule has 0 saturated heterocycles. The molecule has 1 aromatic carbocycles. The largest absolute Gasteiger partial charge is 0.452 e. The maximum atomic E-state index is 10.6. The van der Waals surface area contributed by atoms with Gasteiger partial charge in [-0.05, 0) is 12.5 Å². The molecule has 0 bridgehead atoms. The predicted octanol–water partition coefficient (Wildman–Crippen LogP) is 2.58. The first-order chi connectivity index (χ1) is 9.10. The van der Waals surface area contributed by atoms with E-state index in [4.69, 9.17) is 10.5 Å². The lowest BCUT2D eigenvalue weighted by atomic mass is 10.2. The van der Waals surface area contributed by atoms with Crippen molar-refractivity contribution in [2.45, 2.75) is 19.9 Å². The topological polar surface area (TPSA) is 96.2 Å². The molecule has 0 unspecified atom stereocenters. The number of hydrogen-bond donors (Lipinski definition) is 1. The van der Waals surface area contributed by atoms with Crippen LogP contribution in [0.15, 0.2) is 30.6 Å². The summed E-state index contributed by atoms with van der Waals surface area (Å²) in [6.45, 7) is 2.86. The number of nitrogens with two attached hydrogens (primary N) is 1. The van der Waals surface area contributed by atoms with Crippen LogP contribution in [0, 0.1) is 10.1 Å². The van der Waals surface area contributed by atoms with Crippen molar-refractivity contribution in [1.82, 2.24) is 9.78 Å². The number of nitro benzene ring substituents is 1. The van der Waals surface area contributed by atoms with Crippen LogP contribution in [0.25, 0.3) is 0 Å². The van der Waals surface area contributed by atoms with Crippen molar-refractivity contribution < 1.29 is 9.66 Å². The number of ether oxygens (including phenoxy) is 1. The van der Waals surface area contributed by atoms with Crippen molar-refractivity contribution in [1.29, 1.82) is 0 Å². The molecule has 2 N–H and O–H groups in total. The first kappa shape index (κ1) is 12.9. The van der Waals surface area contributed by atoms with Gasteiger partial charge in [-0.2, -0.15) is 5.10 Å². The molecule has 1 aromatic heterocycles. The predicted molar refractivity (Wildman–Crippen MR) is 70.1 cm³/mol. The number of aryl methyl sites for hydroxylation is 1. The number of hydrogen-bond acceptors (Lipinski definition) is 5. The van der Waals surface area contributed by atoms with Gasteiger partial charge in [0.15, 0.2) is 11.5 Å². The number of aromatic nitrogens is 2. The zero-order chi connectivity index (χ0) is 13.8. The minimum Gasteiger partial charge on any atom is -0.452 e. The van der Waals surface area contributed by atoms with Crippen molar-refractivity contribution in [3.8, 4) is 11.5 Å². The van der Waals surface area contributed by atoms with Crippen LogP contribution in [0.5, 0.6) is 11.5 Å². The molecule has 19 heavy (non-hydrogen) atoms. The lowest BCUT2D eigenvalue weighted by molar-refractivity contribution is -0.384. The van der Waals surface area contributed by atoms with E-state index in [1.165, 1.54) is 18.2 Å². The Morgan fingerprint density at radius 3 is 2.95 bits per heavy atom. The zero-order valence-corrected chi connectivity index (χ0v) is 10.4. The second-order valence-electron chi connectivity index (χ2n) is 4.02. The van der Waals surface area contributed by atoms with Crippen LogP contribution in [-0.4, -0.2) is 14.7 Å². The molecule has 0 aliphatic carbocycles. The first-order valence-electron chi connectivity index (χ1n) is 5.84. The third-order valence-corrected chi connectivity index (χ3v) is 2.49. The number of nitro groups is 1. The van der Waals surface area contributed by atoms with Crippen LogP contribution in [0.1, 0.15) is 13.3 Å². The lowest BCUT2D eigenvalue weighted by Crippen LogP contribution is -1.96. The van der Waals surface area contributed by atoms with Crippen LogP contribution in [-0.2, 0) is 6.54 Å². The van der Waals surface area contributed by atoms with Crippen LogP contribution in [0.2, 0.25) is 0 Å². The number of rotatable bonds is 5. The summed E-state index contributed by atoms with van der Waals surface area (Å²) in [6.07, 6.45) is 4.31. The fourth-order valence-electron chi connectivity index (χ4n) is 1.62. The standard InChI is InChI=1S/C12H14N4O3/c1-2-5-15-8-10(7-14-15)19-12-4-3-9(16(17)18)6-11(12)13/h3-4,6-8H,2,5,13H2,1H3. The summed E-state index contributed by atoms with van der Waals surface area (Å²) in [7, 11) is 0. The maximum Gasteiger partial charge on any atom is 0.271 e. The smallest absolute Gasteiger partial charge is 0.271 e. The van der Waals surface area contributed by atoms with Gasteiger partial charge in [0.25, 0.3) is 5.69 Å². The minimum atomic E-state index is -0.501. The molecule has 7 nitrogen and oxygen atoms in total. The highest BCUT2D eigenvalue weighted by Crippen LogP contribution is 2.30. The molecule has 0 radical (unpaired) electrons. The number of non-ortho nitro benzene ring substituents is 1. The molecule has 0 aliphatic heterocycles. The summed E-state index contributed by atoms with van der Waals surface area (Å²) in [6, 6.07) is 4.10. The molecule has 0 spiro atoms. The first-order valence-corrected chi connectivity index (χ1v) is 5.84. The van der Waals surface area contributed by atoms with E-state index in [-0.39, 0.29) is 11.4 Å². The average molecular weight is 262 g/mol. The third kappa shape index (κ3) is 3.01. The Balaban J connectivity index is 2.16. The molecule has 100 valence electrons. The van der Waals surface area contributed by atoms with Crippen LogP contribution in [0.4, 0.5) is 11.4 Å². The molecule has 1 heterocycles. The highest BCUT2D eigenvalue weighted by Gasteiger charge is 2.10. The van der Waals surface area contributed by atoms with Gasteiger partial charge in [0.05, 0.1) is 23.0 Å². The summed E-state index contributed by atoms with van der Waals surface area (Å²) in [4.78, 5) is 10.1. The van der Waals surface area contributed by atoms with E-state index in [0.717, 1.165) is 13.0 Å². The van der Waals surface area contributed by atoms with Gasteiger partial charge in [-0.15, -0.1) is 0 Å². The Kier molecular flexibility index (Phi) is 3.65. The van der Waals surface area contributed by atoms with Gasteiger partial charge in [-0.25, -0.2) is 0 Å². The van der Waals surface area contributed by atoms with Gasteiger partial charge in [0, 0.05) is 18.7 Å². The van der Waals surface area contributed by atoms with Gasteiger partial charge in [-0.1, -0.05) is 6.92 Å². The summed E-state index contributed by atoms with van der Waals surface area (Å²) in [5.74, 6) is 0.927. The van der Waals surface area contributed by atoms with Crippen LogP contribution in [0.3, 0.4) is 0 Å². The summed E-state index contributed by atoms with van der Waals surface area (Å²) in [5, 5.41) is 14.7. The summed E-state index contributed by atoms with van der Waals surface area (Å²) >= 11 is 0. The molecule has 0 amide bonds. The lowest BCUT2D eigenvalue weighted by Gasteiger charge is -2.05. The molecule has 2 rings (SSSR count). The minimum absolute atomic E-state index is 0.0634. The molecule has 7 heteroatoms. The Hall–Kier alpha value is -2.57. The van der Waals surface area contributed by atoms with E-state index in [0.29, 0.717) is 11.5 Å². The average Bonchev–Trinajstić information content (AvgIpc) is 2.79. The van der Waals surface area contributed by atoms with Gasteiger partial charge >= 0.3 is 0 Å². The van der Waals surface area contributed by atoms with E-state index >= 15 is 0 Å². The quantitative estimate of drug-likeness (QED) is 0.507. The molecule has 0 atom stereocenters. The van der Waals surface area contributed by atoms with Crippen molar-refractivity contribution in [3.63, 3.8) is 0 Å². The Labute approximate surface area is 109 Å². The van der Waals surface area contributed by atoms with E-state index in [1.54, 1.807) is 17.1 Å². The normalized spacial score (nSPS) is 10.4. The molecule has 2 aromatic rings. The zero-order valence-electron chi connectivity index (χ0n) is 10.4. The van der Waals surface area contributed by atoms with Crippen molar-refractivity contribution in [2.75, 3.05) is 5.73 Å². The van der Waals surface area contributed by atoms with Crippen molar-refractivity contribution in [2.24, 2.45) is 0 Å². The molecule has 0 fully saturated rings. The van der Waals surface area contributed by atoms with Crippen molar-refractivity contribution >= 4 is 11.4 Å². The number of nitrogen functional groups attached to an aromatic ring is 1. The summed E-state index contributed by atoms with van der Waals surface area (Å²) in [5.41, 5.74) is 5.87. The van der Waals surface area contributed by atoms with Gasteiger partial charge in [0.1, 0.15) is 0 Å². The van der Waals surface area contributed by atoms with Gasteiger partial charge in [-0.3, -0.25) is 14.8 Å². The van der Waals surface area contributed by atoms with E-state index in [2.05, 4.69) is 12.0 Å². The molecule has 0 aliphatic rings. The Morgan fingerprint density at radius 1 is 1.53 bits per heavy atom. The Bertz CT molecular complexity index is 594. The highest BCUT2D eigenvalue weighted by atomic mass is 16.6. The van der Waals surface area contributed by atoms with Crippen molar-refractivity contribution in [3.05, 3.63) is 40.7 Å². The molecule has 0 saturated carbocycles. The highest BCUT2D eigenvalue weighted by molar-refractivity contribution is 5.59. The summed E-state index contributed by atoms with van der Waals surface area (Å²) < 4.78 is 7.30. The van der Waals surface area contributed by atoms with E-state index in [1.807, 2.05) is 0 Å². The SMILES string of the molecule is CCCn1cc(Oc2ccc([N+](=O)[O-])cc2N)cn1. The third-order valence-electron chi connectivity index (χ3n) is 2.49. The molecular weight excluding hydrogens is 248 g/mol. The maximum absolute atomic E-state index is 10.6. The fraction of sp³-hybridized carbons (Fsp3) is 0.250.